The third kappa shape index (κ3) is 1.84. The fourth-order valence-corrected chi connectivity index (χ4v) is 1.03. The highest BCUT2D eigenvalue weighted by Gasteiger charge is 2.20. The zero-order valence-corrected chi connectivity index (χ0v) is 8.37. The topological polar surface area (TPSA) is 56.5 Å². The van der Waals surface area contributed by atoms with Crippen LogP contribution in [0.3, 0.4) is 0 Å². The molecule has 0 aliphatic carbocycles. The van der Waals surface area contributed by atoms with Gasteiger partial charge in [0.05, 0.1) is 13.4 Å². The molecule has 1 heterocycles. The number of methoxy groups -OCH3 is 1. The highest BCUT2D eigenvalue weighted by atomic mass is 16.5. The zero-order chi connectivity index (χ0) is 10.7. The van der Waals surface area contributed by atoms with Gasteiger partial charge in [0.2, 0.25) is 22.7 Å². The summed E-state index contributed by atoms with van der Waals surface area (Å²) in [5.41, 5.74) is -0.345. The first-order valence-corrected chi connectivity index (χ1v) is 4.28. The molecular weight excluding hydrogens is 184 g/mol. The van der Waals surface area contributed by atoms with Crippen LogP contribution in [0.2, 0.25) is 0 Å². The number of ketones is 1. The molecule has 0 amide bonds. The second kappa shape index (κ2) is 4.09. The van der Waals surface area contributed by atoms with Gasteiger partial charge in [-0.2, -0.15) is 0 Å². The van der Waals surface area contributed by atoms with E-state index in [4.69, 9.17) is 9.15 Å². The molecule has 0 unspecified atom stereocenters. The summed E-state index contributed by atoms with van der Waals surface area (Å²) in [5, 5.41) is 0. The maximum absolute atomic E-state index is 11.6. The third-order valence-electron chi connectivity index (χ3n) is 1.79. The van der Waals surface area contributed by atoms with Crippen LogP contribution in [-0.2, 0) is 0 Å². The van der Waals surface area contributed by atoms with Gasteiger partial charge in [-0.1, -0.05) is 13.8 Å². The van der Waals surface area contributed by atoms with Gasteiger partial charge >= 0.3 is 0 Å². The highest BCUT2D eigenvalue weighted by Crippen LogP contribution is 2.16. The Morgan fingerprint density at radius 3 is 2.64 bits per heavy atom. The first kappa shape index (κ1) is 10.5. The SMILES string of the molecule is COc1c(C(=O)C(C)C)occc1=O. The summed E-state index contributed by atoms with van der Waals surface area (Å²) in [6.45, 7) is 3.46. The summed E-state index contributed by atoms with van der Waals surface area (Å²) in [6, 6.07) is 1.22. The fourth-order valence-electron chi connectivity index (χ4n) is 1.03. The molecule has 0 saturated carbocycles. The molecule has 1 aromatic heterocycles. The van der Waals surface area contributed by atoms with Gasteiger partial charge in [0.15, 0.2) is 0 Å². The maximum Gasteiger partial charge on any atom is 0.227 e. The second-order valence-electron chi connectivity index (χ2n) is 3.17. The normalized spacial score (nSPS) is 10.3. The molecule has 0 spiro atoms. The maximum atomic E-state index is 11.6. The fraction of sp³-hybridized carbons (Fsp3) is 0.400. The Balaban J connectivity index is 3.27. The average molecular weight is 196 g/mol. The largest absolute Gasteiger partial charge is 0.489 e. The number of Topliss-reactive ketones (excluding diaryl/α,β-unsaturated/α-hetero) is 1. The summed E-state index contributed by atoms with van der Waals surface area (Å²) in [7, 11) is 1.34. The van der Waals surface area contributed by atoms with Crippen molar-refractivity contribution in [1.29, 1.82) is 0 Å². The van der Waals surface area contributed by atoms with Crippen LogP contribution >= 0.6 is 0 Å². The van der Waals surface area contributed by atoms with E-state index in [2.05, 4.69) is 0 Å². The minimum atomic E-state index is -0.345. The Hall–Kier alpha value is -1.58. The Kier molecular flexibility index (Phi) is 3.06. The Bertz CT molecular complexity index is 389. The van der Waals surface area contributed by atoms with E-state index in [1.807, 2.05) is 0 Å². The lowest BCUT2D eigenvalue weighted by molar-refractivity contribution is 0.0903. The van der Waals surface area contributed by atoms with E-state index in [-0.39, 0.29) is 28.6 Å². The van der Waals surface area contributed by atoms with Crippen molar-refractivity contribution >= 4 is 5.78 Å². The van der Waals surface area contributed by atoms with Crippen LogP contribution in [0.25, 0.3) is 0 Å². The standard InChI is InChI=1S/C10H12O4/c1-6(2)8(12)10-9(13-3)7(11)4-5-14-10/h4-6H,1-3H3. The smallest absolute Gasteiger partial charge is 0.227 e. The van der Waals surface area contributed by atoms with Gasteiger partial charge in [-0.05, 0) is 0 Å². The summed E-state index contributed by atoms with van der Waals surface area (Å²) >= 11 is 0. The summed E-state index contributed by atoms with van der Waals surface area (Å²) in [4.78, 5) is 22.8. The van der Waals surface area contributed by atoms with Crippen molar-refractivity contribution in [1.82, 2.24) is 0 Å². The van der Waals surface area contributed by atoms with Crippen molar-refractivity contribution in [3.05, 3.63) is 28.3 Å². The molecular formula is C10H12O4. The molecule has 0 saturated heterocycles. The van der Waals surface area contributed by atoms with Crippen LogP contribution in [0.15, 0.2) is 21.5 Å². The molecule has 4 heteroatoms. The van der Waals surface area contributed by atoms with Crippen molar-refractivity contribution in [3.63, 3.8) is 0 Å². The van der Waals surface area contributed by atoms with Gasteiger partial charge in [0, 0.05) is 12.0 Å². The van der Waals surface area contributed by atoms with E-state index in [0.29, 0.717) is 0 Å². The first-order valence-electron chi connectivity index (χ1n) is 4.28. The first-order chi connectivity index (χ1) is 6.57. The molecule has 0 radical (unpaired) electrons. The molecule has 1 rings (SSSR count). The third-order valence-corrected chi connectivity index (χ3v) is 1.79. The molecule has 0 aromatic carbocycles. The van der Waals surface area contributed by atoms with Gasteiger partial charge in [-0.25, -0.2) is 0 Å². The minimum Gasteiger partial charge on any atom is -0.489 e. The minimum absolute atomic E-state index is 0.00463. The van der Waals surface area contributed by atoms with E-state index in [1.54, 1.807) is 13.8 Å². The number of rotatable bonds is 3. The average Bonchev–Trinajstić information content (AvgIpc) is 2.16. The number of hydrogen-bond donors (Lipinski definition) is 0. The molecule has 4 nitrogen and oxygen atoms in total. The van der Waals surface area contributed by atoms with E-state index in [1.165, 1.54) is 19.4 Å². The van der Waals surface area contributed by atoms with Gasteiger partial charge in [0.1, 0.15) is 0 Å². The van der Waals surface area contributed by atoms with Crippen molar-refractivity contribution in [2.75, 3.05) is 7.11 Å². The van der Waals surface area contributed by atoms with Crippen LogP contribution in [0.4, 0.5) is 0 Å². The molecule has 76 valence electrons. The molecule has 1 aromatic rings. The van der Waals surface area contributed by atoms with E-state index in [0.717, 1.165) is 0 Å². The lowest BCUT2D eigenvalue weighted by atomic mass is 10.1. The number of carbonyl (C=O) groups excluding carboxylic acids is 1. The van der Waals surface area contributed by atoms with Gasteiger partial charge in [-0.15, -0.1) is 0 Å². The van der Waals surface area contributed by atoms with Gasteiger partial charge in [-0.3, -0.25) is 9.59 Å². The predicted octanol–water partition coefficient (Wildman–Crippen LogP) is 1.49. The molecule has 0 aliphatic rings. The van der Waals surface area contributed by atoms with Crippen molar-refractivity contribution in [2.45, 2.75) is 13.8 Å². The summed E-state index contributed by atoms with van der Waals surface area (Å²) in [6.07, 6.45) is 1.19. The van der Waals surface area contributed by atoms with E-state index in [9.17, 15) is 9.59 Å². The number of hydrogen-bond acceptors (Lipinski definition) is 4. The zero-order valence-electron chi connectivity index (χ0n) is 8.37. The Morgan fingerprint density at radius 2 is 2.14 bits per heavy atom. The van der Waals surface area contributed by atoms with Gasteiger partial charge < -0.3 is 9.15 Å². The van der Waals surface area contributed by atoms with Crippen molar-refractivity contribution < 1.29 is 13.9 Å². The van der Waals surface area contributed by atoms with Gasteiger partial charge in [0.25, 0.3) is 0 Å². The van der Waals surface area contributed by atoms with Crippen LogP contribution < -0.4 is 10.2 Å². The number of carbonyl (C=O) groups is 1. The monoisotopic (exact) mass is 196 g/mol. The summed E-state index contributed by atoms with van der Waals surface area (Å²) < 4.78 is 9.80. The molecule has 0 atom stereocenters. The van der Waals surface area contributed by atoms with Crippen LogP contribution in [0.5, 0.6) is 5.75 Å². The Labute approximate surface area is 81.5 Å². The molecule has 0 N–H and O–H groups in total. The van der Waals surface area contributed by atoms with Crippen LogP contribution in [0, 0.1) is 5.92 Å². The van der Waals surface area contributed by atoms with E-state index >= 15 is 0 Å². The second-order valence-corrected chi connectivity index (χ2v) is 3.17. The lowest BCUT2D eigenvalue weighted by Crippen LogP contribution is -2.14. The number of ether oxygens (including phenoxy) is 1. The van der Waals surface area contributed by atoms with Crippen LogP contribution in [0.1, 0.15) is 24.4 Å². The van der Waals surface area contributed by atoms with E-state index < -0.39 is 0 Å². The van der Waals surface area contributed by atoms with Crippen molar-refractivity contribution in [3.8, 4) is 5.75 Å². The molecule has 0 aliphatic heterocycles. The van der Waals surface area contributed by atoms with Crippen LogP contribution in [-0.4, -0.2) is 12.9 Å². The predicted molar refractivity (Wildman–Crippen MR) is 50.7 cm³/mol. The Morgan fingerprint density at radius 1 is 1.50 bits per heavy atom. The quantitative estimate of drug-likeness (QED) is 0.687. The molecule has 0 fully saturated rings. The molecule has 14 heavy (non-hydrogen) atoms. The highest BCUT2D eigenvalue weighted by molar-refractivity contribution is 5.97. The lowest BCUT2D eigenvalue weighted by Gasteiger charge is -2.06. The molecule has 0 bridgehead atoms. The van der Waals surface area contributed by atoms with Crippen molar-refractivity contribution in [2.24, 2.45) is 5.92 Å². The summed E-state index contributed by atoms with van der Waals surface area (Å²) in [5.74, 6) is -0.491.